The summed E-state index contributed by atoms with van der Waals surface area (Å²) >= 11 is 0. The minimum absolute atomic E-state index is 0.268. The van der Waals surface area contributed by atoms with Gasteiger partial charge in [0.25, 0.3) is 0 Å². The van der Waals surface area contributed by atoms with Gasteiger partial charge in [-0.25, -0.2) is 26.7 Å². The number of sulfonamides is 1. The van der Waals surface area contributed by atoms with Crippen molar-refractivity contribution in [2.24, 2.45) is 0 Å². The summed E-state index contributed by atoms with van der Waals surface area (Å²) in [5.74, 6) is -1.84. The molecule has 1 heterocycles. The highest BCUT2D eigenvalue weighted by atomic mass is 32.2. The van der Waals surface area contributed by atoms with Gasteiger partial charge in [-0.1, -0.05) is 0 Å². The molecule has 0 aromatic heterocycles. The van der Waals surface area contributed by atoms with E-state index in [1.807, 2.05) is 0 Å². The summed E-state index contributed by atoms with van der Waals surface area (Å²) in [5.41, 5.74) is 0. The molecule has 0 radical (unpaired) electrons. The number of carbonyl (C=O) groups is 1. The molecular formula is C14H18F2N2O4S. The zero-order valence-electron chi connectivity index (χ0n) is 12.6. The smallest absolute Gasteiger partial charge is 0.409 e. The topological polar surface area (TPSA) is 75.7 Å². The maximum Gasteiger partial charge on any atom is 0.409 e. The molecule has 23 heavy (non-hydrogen) atoms. The lowest BCUT2D eigenvalue weighted by Crippen LogP contribution is -2.46. The Kier molecular flexibility index (Phi) is 5.53. The fourth-order valence-electron chi connectivity index (χ4n) is 2.36. The number of benzene rings is 1. The van der Waals surface area contributed by atoms with Crippen LogP contribution in [0.3, 0.4) is 0 Å². The fraction of sp³-hybridized carbons (Fsp3) is 0.500. The van der Waals surface area contributed by atoms with Crippen LogP contribution in [-0.4, -0.2) is 45.1 Å². The van der Waals surface area contributed by atoms with Gasteiger partial charge >= 0.3 is 6.09 Å². The Morgan fingerprint density at radius 2 is 2.00 bits per heavy atom. The minimum Gasteiger partial charge on any atom is -0.450 e. The van der Waals surface area contributed by atoms with Gasteiger partial charge in [-0.05, 0) is 38.0 Å². The summed E-state index contributed by atoms with van der Waals surface area (Å²) in [6.07, 6.45) is 0.300. The molecule has 0 aliphatic carbocycles. The van der Waals surface area contributed by atoms with Gasteiger partial charge in [0.2, 0.25) is 10.0 Å². The number of halogens is 2. The molecule has 0 spiro atoms. The monoisotopic (exact) mass is 348 g/mol. The molecule has 6 nitrogen and oxygen atoms in total. The highest BCUT2D eigenvalue weighted by Gasteiger charge is 2.28. The lowest BCUT2D eigenvalue weighted by molar-refractivity contribution is 0.0966. The number of nitrogens with one attached hydrogen (secondary N) is 1. The van der Waals surface area contributed by atoms with Crippen molar-refractivity contribution in [3.05, 3.63) is 29.8 Å². The van der Waals surface area contributed by atoms with E-state index in [-0.39, 0.29) is 6.61 Å². The maximum absolute atomic E-state index is 13.6. The Hall–Kier alpha value is -1.74. The summed E-state index contributed by atoms with van der Waals surface area (Å²) in [4.78, 5) is 12.3. The third-order valence-corrected chi connectivity index (χ3v) is 5.06. The molecule has 2 rings (SSSR count). The Balaban J connectivity index is 2.00. The number of amides is 1. The highest BCUT2D eigenvalue weighted by Crippen LogP contribution is 2.19. The fourth-order valence-corrected chi connectivity index (χ4v) is 3.75. The van der Waals surface area contributed by atoms with Gasteiger partial charge in [-0.2, -0.15) is 0 Å². The van der Waals surface area contributed by atoms with Crippen LogP contribution >= 0.6 is 0 Å². The van der Waals surface area contributed by atoms with E-state index in [0.717, 1.165) is 12.1 Å². The predicted octanol–water partition coefficient (Wildman–Crippen LogP) is 1.86. The van der Waals surface area contributed by atoms with E-state index in [1.54, 1.807) is 6.92 Å². The van der Waals surface area contributed by atoms with Gasteiger partial charge in [-0.15, -0.1) is 0 Å². The zero-order valence-corrected chi connectivity index (χ0v) is 13.4. The number of rotatable bonds is 4. The quantitative estimate of drug-likeness (QED) is 0.901. The molecule has 128 valence electrons. The van der Waals surface area contributed by atoms with Crippen molar-refractivity contribution in [2.75, 3.05) is 19.7 Å². The van der Waals surface area contributed by atoms with Crippen molar-refractivity contribution in [1.29, 1.82) is 0 Å². The van der Waals surface area contributed by atoms with Crippen LogP contribution in [0.25, 0.3) is 0 Å². The van der Waals surface area contributed by atoms with Crippen molar-refractivity contribution in [1.82, 2.24) is 9.62 Å². The summed E-state index contributed by atoms with van der Waals surface area (Å²) in [5, 5.41) is 0. The molecule has 0 saturated carbocycles. The molecule has 1 fully saturated rings. The van der Waals surface area contributed by atoms with Crippen LogP contribution in [-0.2, 0) is 14.8 Å². The van der Waals surface area contributed by atoms with Gasteiger partial charge in [0, 0.05) is 19.1 Å². The van der Waals surface area contributed by atoms with Crippen LogP contribution in [0.15, 0.2) is 23.1 Å². The van der Waals surface area contributed by atoms with Crippen molar-refractivity contribution in [3.8, 4) is 0 Å². The standard InChI is InChI=1S/C14H18F2N2O4S/c1-2-22-14(19)18-7-5-11(6-8-18)17-23(20,21)13-9-10(15)3-4-12(13)16/h3-4,9,11,17H,2,5-8H2,1H3. The number of carbonyl (C=O) groups excluding carboxylic acids is 1. The van der Waals surface area contributed by atoms with Crippen LogP contribution in [0, 0.1) is 11.6 Å². The van der Waals surface area contributed by atoms with Crippen LogP contribution in [0.4, 0.5) is 13.6 Å². The third-order valence-electron chi connectivity index (χ3n) is 3.53. The Bertz CT molecular complexity index is 673. The van der Waals surface area contributed by atoms with E-state index in [2.05, 4.69) is 4.72 Å². The number of likely N-dealkylation sites (tertiary alicyclic amines) is 1. The van der Waals surface area contributed by atoms with E-state index in [4.69, 9.17) is 4.74 Å². The average molecular weight is 348 g/mol. The molecule has 0 bridgehead atoms. The number of piperidine rings is 1. The Morgan fingerprint density at radius 3 is 2.61 bits per heavy atom. The second-order valence-corrected chi connectivity index (χ2v) is 6.84. The van der Waals surface area contributed by atoms with Crippen molar-refractivity contribution in [2.45, 2.75) is 30.7 Å². The second-order valence-electron chi connectivity index (χ2n) is 5.16. The number of hydrogen-bond acceptors (Lipinski definition) is 4. The molecule has 1 aliphatic heterocycles. The van der Waals surface area contributed by atoms with E-state index < -0.39 is 38.7 Å². The number of hydrogen-bond donors (Lipinski definition) is 1. The van der Waals surface area contributed by atoms with Crippen molar-refractivity contribution in [3.63, 3.8) is 0 Å². The largest absolute Gasteiger partial charge is 0.450 e. The molecule has 1 aliphatic rings. The number of nitrogens with zero attached hydrogens (tertiary/aromatic N) is 1. The average Bonchev–Trinajstić information content (AvgIpc) is 2.50. The van der Waals surface area contributed by atoms with Crippen LogP contribution in [0.5, 0.6) is 0 Å². The first-order valence-corrected chi connectivity index (χ1v) is 8.71. The Labute approximate surface area is 133 Å². The predicted molar refractivity (Wildman–Crippen MR) is 78.3 cm³/mol. The molecule has 1 amide bonds. The van der Waals surface area contributed by atoms with Crippen LogP contribution in [0.2, 0.25) is 0 Å². The first kappa shape index (κ1) is 17.6. The van der Waals surface area contributed by atoms with Gasteiger partial charge in [-0.3, -0.25) is 0 Å². The van der Waals surface area contributed by atoms with E-state index in [0.29, 0.717) is 32.0 Å². The summed E-state index contributed by atoms with van der Waals surface area (Å²) in [6.45, 7) is 2.63. The molecule has 9 heteroatoms. The van der Waals surface area contributed by atoms with E-state index in [9.17, 15) is 22.0 Å². The van der Waals surface area contributed by atoms with Gasteiger partial charge in [0.1, 0.15) is 16.5 Å². The SMILES string of the molecule is CCOC(=O)N1CCC(NS(=O)(=O)c2cc(F)ccc2F)CC1. The molecule has 1 aromatic rings. The van der Waals surface area contributed by atoms with Gasteiger partial charge in [0.15, 0.2) is 0 Å². The first-order valence-electron chi connectivity index (χ1n) is 7.22. The van der Waals surface area contributed by atoms with E-state index >= 15 is 0 Å². The molecule has 1 N–H and O–H groups in total. The van der Waals surface area contributed by atoms with Gasteiger partial charge in [0.05, 0.1) is 6.61 Å². The highest BCUT2D eigenvalue weighted by molar-refractivity contribution is 7.89. The zero-order chi connectivity index (χ0) is 17.0. The minimum atomic E-state index is -4.16. The normalized spacial score (nSPS) is 16.4. The molecular weight excluding hydrogens is 330 g/mol. The molecule has 0 unspecified atom stereocenters. The first-order chi connectivity index (χ1) is 10.8. The molecule has 1 aromatic carbocycles. The summed E-state index contributed by atoms with van der Waals surface area (Å²) in [7, 11) is -4.16. The second kappa shape index (κ2) is 7.22. The lowest BCUT2D eigenvalue weighted by Gasteiger charge is -2.31. The van der Waals surface area contributed by atoms with E-state index in [1.165, 1.54) is 4.90 Å². The molecule has 1 saturated heterocycles. The molecule has 0 atom stereocenters. The van der Waals surface area contributed by atoms with Gasteiger partial charge < -0.3 is 9.64 Å². The third kappa shape index (κ3) is 4.38. The number of ether oxygens (including phenoxy) is 1. The van der Waals surface area contributed by atoms with Crippen molar-refractivity contribution < 1.29 is 26.7 Å². The summed E-state index contributed by atoms with van der Waals surface area (Å²) in [6, 6.07) is 1.82. The summed E-state index contributed by atoms with van der Waals surface area (Å²) < 4.78 is 58.3. The van der Waals surface area contributed by atoms with Crippen LogP contribution in [0.1, 0.15) is 19.8 Å². The van der Waals surface area contributed by atoms with Crippen LogP contribution < -0.4 is 4.72 Å². The lowest BCUT2D eigenvalue weighted by atomic mass is 10.1. The Morgan fingerprint density at radius 1 is 1.35 bits per heavy atom. The maximum atomic E-state index is 13.6. The van der Waals surface area contributed by atoms with Crippen molar-refractivity contribution >= 4 is 16.1 Å².